The van der Waals surface area contributed by atoms with Gasteiger partial charge < -0.3 is 4.98 Å². The number of tetrazole rings is 1. The molecule has 0 saturated carbocycles. The van der Waals surface area contributed by atoms with Gasteiger partial charge in [-0.25, -0.2) is 4.68 Å². The second kappa shape index (κ2) is 10.5. The molecule has 4 aromatic rings. The van der Waals surface area contributed by atoms with Crippen molar-refractivity contribution in [1.82, 2.24) is 30.1 Å². The molecule has 0 fully saturated rings. The molecule has 2 heterocycles. The molecule has 0 radical (unpaired) electrons. The van der Waals surface area contributed by atoms with Gasteiger partial charge in [-0.1, -0.05) is 62.7 Å². The molecular weight excluding hydrogens is 436 g/mol. The summed E-state index contributed by atoms with van der Waals surface area (Å²) in [5, 5.41) is 14.0. The minimum Gasteiger partial charge on any atom is -0.322 e. The molecule has 0 spiro atoms. The number of rotatable bonds is 10. The predicted octanol–water partition coefficient (Wildman–Crippen LogP) is 5.51. The molecule has 7 nitrogen and oxygen atoms in total. The van der Waals surface area contributed by atoms with Crippen LogP contribution in [0.25, 0.3) is 10.9 Å². The Morgan fingerprint density at radius 1 is 1.06 bits per heavy atom. The maximum absolute atomic E-state index is 13.1. The van der Waals surface area contributed by atoms with Crippen LogP contribution in [-0.4, -0.2) is 30.1 Å². The molecule has 35 heavy (non-hydrogen) atoms. The summed E-state index contributed by atoms with van der Waals surface area (Å²) < 4.78 is 1.97. The number of aromatic amines is 1. The van der Waals surface area contributed by atoms with E-state index in [4.69, 9.17) is 0 Å². The van der Waals surface area contributed by atoms with Crippen LogP contribution in [0.15, 0.2) is 59.4 Å². The van der Waals surface area contributed by atoms with E-state index in [0.29, 0.717) is 13.1 Å². The van der Waals surface area contributed by atoms with Crippen LogP contribution >= 0.6 is 0 Å². The number of pyridine rings is 1. The van der Waals surface area contributed by atoms with E-state index in [1.54, 1.807) is 0 Å². The second-order valence-electron chi connectivity index (χ2n) is 10.0. The molecule has 184 valence electrons. The van der Waals surface area contributed by atoms with E-state index in [-0.39, 0.29) is 17.1 Å². The van der Waals surface area contributed by atoms with Crippen LogP contribution < -0.4 is 5.56 Å². The minimum atomic E-state index is -0.207. The van der Waals surface area contributed by atoms with Crippen molar-refractivity contribution >= 4 is 10.9 Å². The van der Waals surface area contributed by atoms with Crippen LogP contribution in [0.4, 0.5) is 0 Å². The van der Waals surface area contributed by atoms with Gasteiger partial charge >= 0.3 is 0 Å². The fourth-order valence-electron chi connectivity index (χ4n) is 4.52. The van der Waals surface area contributed by atoms with Crippen molar-refractivity contribution < 1.29 is 0 Å². The first kappa shape index (κ1) is 24.8. The van der Waals surface area contributed by atoms with Crippen molar-refractivity contribution in [2.24, 2.45) is 0 Å². The van der Waals surface area contributed by atoms with Gasteiger partial charge in [-0.2, -0.15) is 0 Å². The number of benzene rings is 2. The van der Waals surface area contributed by atoms with Crippen LogP contribution in [0.3, 0.4) is 0 Å². The fraction of sp³-hybridized carbons (Fsp3) is 0.429. The molecule has 0 amide bonds. The summed E-state index contributed by atoms with van der Waals surface area (Å²) in [4.78, 5) is 18.6. The second-order valence-corrected chi connectivity index (χ2v) is 10.0. The maximum atomic E-state index is 13.1. The van der Waals surface area contributed by atoms with E-state index in [1.165, 1.54) is 5.56 Å². The smallest absolute Gasteiger partial charge is 0.252 e. The number of H-pyrrole nitrogens is 1. The number of fused-ring (bicyclic) bond motifs is 1. The lowest BCUT2D eigenvalue weighted by molar-refractivity contribution is 0.145. The third-order valence-electron chi connectivity index (χ3n) is 6.91. The highest BCUT2D eigenvalue weighted by Crippen LogP contribution is 2.31. The Balaban J connectivity index is 1.78. The van der Waals surface area contributed by atoms with Gasteiger partial charge in [0.15, 0.2) is 5.82 Å². The monoisotopic (exact) mass is 472 g/mol. The largest absolute Gasteiger partial charge is 0.322 e. The molecule has 0 aliphatic rings. The third kappa shape index (κ3) is 5.51. The molecule has 1 atom stereocenters. The van der Waals surface area contributed by atoms with E-state index in [0.717, 1.165) is 47.1 Å². The van der Waals surface area contributed by atoms with E-state index in [1.807, 2.05) is 29.8 Å². The SMILES string of the molecule is CCC[C@@H](c1nnnn1C(C)(C)CC)N(Cc1ccccc1)Cc1cc2ccc(C)cc2[nH]c1=O. The molecular formula is C28H36N6O. The number of hydrogen-bond acceptors (Lipinski definition) is 5. The summed E-state index contributed by atoms with van der Waals surface area (Å²) in [6.45, 7) is 11.9. The van der Waals surface area contributed by atoms with E-state index in [2.05, 4.69) is 89.5 Å². The normalized spacial score (nSPS) is 13.0. The van der Waals surface area contributed by atoms with Crippen molar-refractivity contribution in [3.8, 4) is 0 Å². The van der Waals surface area contributed by atoms with E-state index < -0.39 is 0 Å². The lowest BCUT2D eigenvalue weighted by Crippen LogP contribution is -2.36. The maximum Gasteiger partial charge on any atom is 0.252 e. The predicted molar refractivity (Wildman–Crippen MR) is 140 cm³/mol. The summed E-state index contributed by atoms with van der Waals surface area (Å²) in [7, 11) is 0. The summed E-state index contributed by atoms with van der Waals surface area (Å²) in [6.07, 6.45) is 2.77. The van der Waals surface area contributed by atoms with Gasteiger partial charge in [-0.3, -0.25) is 9.69 Å². The number of nitrogens with one attached hydrogen (secondary N) is 1. The molecule has 0 bridgehead atoms. The Morgan fingerprint density at radius 2 is 1.83 bits per heavy atom. The molecule has 0 aliphatic carbocycles. The number of aryl methyl sites for hydroxylation is 1. The van der Waals surface area contributed by atoms with Gasteiger partial charge in [0, 0.05) is 24.2 Å². The van der Waals surface area contributed by atoms with Gasteiger partial charge in [-0.15, -0.1) is 5.10 Å². The number of aromatic nitrogens is 5. The summed E-state index contributed by atoms with van der Waals surface area (Å²) in [6, 6.07) is 18.5. The summed E-state index contributed by atoms with van der Waals surface area (Å²) in [5.41, 5.74) is 3.67. The zero-order chi connectivity index (χ0) is 25.0. The lowest BCUT2D eigenvalue weighted by atomic mass is 10.00. The number of hydrogen-bond donors (Lipinski definition) is 1. The molecule has 7 heteroatoms. The Hall–Kier alpha value is -3.32. The average molecular weight is 473 g/mol. The first-order valence-corrected chi connectivity index (χ1v) is 12.5. The molecule has 2 aromatic carbocycles. The first-order chi connectivity index (χ1) is 16.8. The Labute approximate surface area is 207 Å². The zero-order valence-corrected chi connectivity index (χ0v) is 21.5. The summed E-state index contributed by atoms with van der Waals surface area (Å²) >= 11 is 0. The topological polar surface area (TPSA) is 79.7 Å². The lowest BCUT2D eigenvalue weighted by Gasteiger charge is -2.33. The fourth-order valence-corrected chi connectivity index (χ4v) is 4.52. The van der Waals surface area contributed by atoms with E-state index in [9.17, 15) is 4.79 Å². The van der Waals surface area contributed by atoms with Crippen LogP contribution in [0.5, 0.6) is 0 Å². The zero-order valence-electron chi connectivity index (χ0n) is 21.5. The van der Waals surface area contributed by atoms with Crippen molar-refractivity contribution in [3.05, 3.63) is 87.5 Å². The Bertz CT molecular complexity index is 1320. The molecule has 4 rings (SSSR count). The van der Waals surface area contributed by atoms with Crippen LogP contribution in [0, 0.1) is 6.92 Å². The van der Waals surface area contributed by atoms with Crippen LogP contribution in [-0.2, 0) is 18.6 Å². The van der Waals surface area contributed by atoms with Crippen molar-refractivity contribution in [3.63, 3.8) is 0 Å². The molecule has 2 aromatic heterocycles. The van der Waals surface area contributed by atoms with Crippen molar-refractivity contribution in [2.75, 3.05) is 0 Å². The molecule has 0 aliphatic heterocycles. The van der Waals surface area contributed by atoms with E-state index >= 15 is 0 Å². The highest BCUT2D eigenvalue weighted by atomic mass is 16.1. The van der Waals surface area contributed by atoms with Crippen molar-refractivity contribution in [1.29, 1.82) is 0 Å². The van der Waals surface area contributed by atoms with Gasteiger partial charge in [0.2, 0.25) is 0 Å². The highest BCUT2D eigenvalue weighted by molar-refractivity contribution is 5.79. The van der Waals surface area contributed by atoms with Gasteiger partial charge in [0.1, 0.15) is 0 Å². The molecule has 0 saturated heterocycles. The van der Waals surface area contributed by atoms with Crippen LogP contribution in [0.1, 0.15) is 75.5 Å². The van der Waals surface area contributed by atoms with Gasteiger partial charge in [0.25, 0.3) is 5.56 Å². The average Bonchev–Trinajstić information content (AvgIpc) is 3.34. The van der Waals surface area contributed by atoms with Gasteiger partial charge in [0.05, 0.1) is 11.6 Å². The quantitative estimate of drug-likeness (QED) is 0.329. The molecule has 1 N–H and O–H groups in total. The Morgan fingerprint density at radius 3 is 2.54 bits per heavy atom. The summed E-state index contributed by atoms with van der Waals surface area (Å²) in [5.74, 6) is 0.850. The minimum absolute atomic E-state index is 0.0332. The van der Waals surface area contributed by atoms with Crippen LogP contribution in [0.2, 0.25) is 0 Å². The first-order valence-electron chi connectivity index (χ1n) is 12.5. The number of nitrogens with zero attached hydrogens (tertiary/aromatic N) is 5. The van der Waals surface area contributed by atoms with Gasteiger partial charge in [-0.05, 0) is 72.7 Å². The third-order valence-corrected chi connectivity index (χ3v) is 6.91. The Kier molecular flexibility index (Phi) is 7.45. The van der Waals surface area contributed by atoms with Crippen molar-refractivity contribution in [2.45, 2.75) is 78.6 Å². The molecule has 0 unspecified atom stereocenters. The highest BCUT2D eigenvalue weighted by Gasteiger charge is 2.31. The standard InChI is InChI=1S/C28H36N6O/c1-6-11-25(26-30-31-32-34(26)28(4,5)7-2)33(18-21-12-9-8-10-13-21)19-23-17-22-15-14-20(3)16-24(22)29-27(23)35/h8-10,12-17,25H,6-7,11,18-19H2,1-5H3,(H,29,35)/t25-/m0/s1.